The number of benzene rings is 1. The minimum atomic E-state index is -0.346. The number of likely N-dealkylation sites (N-methyl/N-ethyl adjacent to an activating group) is 2. The molecule has 1 unspecified atom stereocenters. The van der Waals surface area contributed by atoms with E-state index in [2.05, 4.69) is 5.32 Å². The number of para-hydroxylation sites is 1. The summed E-state index contributed by atoms with van der Waals surface area (Å²) in [6.07, 6.45) is 0.258. The zero-order valence-electron chi connectivity index (χ0n) is 11.3. The number of nitrogens with one attached hydrogen (secondary N) is 1. The molecule has 5 nitrogen and oxygen atoms in total. The quantitative estimate of drug-likeness (QED) is 0.783. The highest BCUT2D eigenvalue weighted by molar-refractivity contribution is 6.22. The number of imide groups is 1. The number of amides is 2. The topological polar surface area (TPSA) is 52.7 Å². The first-order chi connectivity index (χ1) is 9.15. The van der Waals surface area contributed by atoms with Crippen molar-refractivity contribution in [2.75, 3.05) is 32.1 Å². The lowest BCUT2D eigenvalue weighted by Gasteiger charge is -2.22. The van der Waals surface area contributed by atoms with Crippen LogP contribution < -0.4 is 10.2 Å². The van der Waals surface area contributed by atoms with E-state index < -0.39 is 0 Å². The van der Waals surface area contributed by atoms with Gasteiger partial charge in [-0.2, -0.15) is 0 Å². The van der Waals surface area contributed by atoms with Gasteiger partial charge in [-0.15, -0.1) is 0 Å². The number of hydrogen-bond acceptors (Lipinski definition) is 4. The van der Waals surface area contributed by atoms with E-state index in [-0.39, 0.29) is 24.3 Å². The van der Waals surface area contributed by atoms with Gasteiger partial charge >= 0.3 is 0 Å². The Hall–Kier alpha value is -1.72. The second kappa shape index (κ2) is 5.95. The molecule has 0 radical (unpaired) electrons. The Labute approximate surface area is 113 Å². The van der Waals surface area contributed by atoms with Crippen molar-refractivity contribution in [2.24, 2.45) is 0 Å². The van der Waals surface area contributed by atoms with Gasteiger partial charge in [-0.1, -0.05) is 18.2 Å². The number of carbonyl (C=O) groups is 2. The van der Waals surface area contributed by atoms with Gasteiger partial charge in [-0.3, -0.25) is 14.5 Å². The lowest BCUT2D eigenvalue weighted by Crippen LogP contribution is -2.42. The Balaban J connectivity index is 2.13. The third-order valence-corrected chi connectivity index (χ3v) is 3.38. The molecule has 1 aliphatic rings. The van der Waals surface area contributed by atoms with E-state index in [1.54, 1.807) is 12.1 Å². The number of nitrogens with zero attached hydrogens (tertiary/aromatic N) is 2. The summed E-state index contributed by atoms with van der Waals surface area (Å²) in [7, 11) is 3.74. The first-order valence-corrected chi connectivity index (χ1v) is 6.42. The van der Waals surface area contributed by atoms with E-state index in [0.29, 0.717) is 5.69 Å². The highest BCUT2D eigenvalue weighted by atomic mass is 16.2. The Kier molecular flexibility index (Phi) is 4.29. The molecule has 1 atom stereocenters. The molecule has 1 fully saturated rings. The van der Waals surface area contributed by atoms with Gasteiger partial charge in [0, 0.05) is 13.1 Å². The van der Waals surface area contributed by atoms with Gasteiger partial charge in [-0.25, -0.2) is 4.90 Å². The highest BCUT2D eigenvalue weighted by Gasteiger charge is 2.41. The van der Waals surface area contributed by atoms with Crippen molar-refractivity contribution in [1.82, 2.24) is 10.2 Å². The fourth-order valence-electron chi connectivity index (χ4n) is 2.25. The van der Waals surface area contributed by atoms with E-state index >= 15 is 0 Å². The van der Waals surface area contributed by atoms with Gasteiger partial charge in [0.1, 0.15) is 0 Å². The summed E-state index contributed by atoms with van der Waals surface area (Å²) in [5.41, 5.74) is 0.655. The van der Waals surface area contributed by atoms with Crippen LogP contribution in [-0.4, -0.2) is 49.9 Å². The van der Waals surface area contributed by atoms with Gasteiger partial charge in [-0.05, 0) is 26.2 Å². The average molecular weight is 261 g/mol. The van der Waals surface area contributed by atoms with Crippen LogP contribution >= 0.6 is 0 Å². The molecule has 1 aromatic rings. The van der Waals surface area contributed by atoms with Crippen LogP contribution in [0, 0.1) is 0 Å². The van der Waals surface area contributed by atoms with E-state index in [0.717, 1.165) is 13.1 Å². The van der Waals surface area contributed by atoms with Crippen LogP contribution in [0.5, 0.6) is 0 Å². The third-order valence-electron chi connectivity index (χ3n) is 3.38. The fourth-order valence-corrected chi connectivity index (χ4v) is 2.25. The number of anilines is 1. The van der Waals surface area contributed by atoms with Crippen molar-refractivity contribution >= 4 is 17.5 Å². The SMILES string of the molecule is CNCCN(C)C1CC(=O)N(c2ccccc2)C1=O. The smallest absolute Gasteiger partial charge is 0.251 e. The molecule has 5 heteroatoms. The standard InChI is InChI=1S/C14H19N3O2/c1-15-8-9-16(2)12-10-13(18)17(14(12)19)11-6-4-3-5-7-11/h3-7,12,15H,8-10H2,1-2H3. The van der Waals surface area contributed by atoms with Crippen molar-refractivity contribution in [3.8, 4) is 0 Å². The normalized spacial score (nSPS) is 19.5. The van der Waals surface area contributed by atoms with Gasteiger partial charge in [0.15, 0.2) is 0 Å². The van der Waals surface area contributed by atoms with Crippen LogP contribution in [0.3, 0.4) is 0 Å². The summed E-state index contributed by atoms with van der Waals surface area (Å²) in [5, 5.41) is 3.04. The summed E-state index contributed by atoms with van der Waals surface area (Å²) >= 11 is 0. The molecule has 1 aromatic carbocycles. The molecule has 0 spiro atoms. The molecular weight excluding hydrogens is 242 g/mol. The lowest BCUT2D eigenvalue weighted by molar-refractivity contribution is -0.122. The first kappa shape index (κ1) is 13.7. The molecule has 0 saturated carbocycles. The van der Waals surface area contributed by atoms with Gasteiger partial charge in [0.25, 0.3) is 5.91 Å². The monoisotopic (exact) mass is 261 g/mol. The van der Waals surface area contributed by atoms with Crippen LogP contribution in [0.4, 0.5) is 5.69 Å². The molecule has 1 heterocycles. The second-order valence-electron chi connectivity index (χ2n) is 4.71. The van der Waals surface area contributed by atoms with E-state index in [4.69, 9.17) is 0 Å². The van der Waals surface area contributed by atoms with Crippen LogP contribution in [-0.2, 0) is 9.59 Å². The fraction of sp³-hybridized carbons (Fsp3) is 0.429. The van der Waals surface area contributed by atoms with Crippen LogP contribution in [0.1, 0.15) is 6.42 Å². The molecule has 2 amide bonds. The second-order valence-corrected chi connectivity index (χ2v) is 4.71. The predicted octanol–water partition coefficient (Wildman–Crippen LogP) is 0.470. The van der Waals surface area contributed by atoms with Gasteiger partial charge in [0.2, 0.25) is 5.91 Å². The molecular formula is C14H19N3O2. The molecule has 1 aliphatic heterocycles. The lowest BCUT2D eigenvalue weighted by atomic mass is 10.2. The molecule has 0 aliphatic carbocycles. The predicted molar refractivity (Wildman–Crippen MR) is 73.9 cm³/mol. The summed E-state index contributed by atoms with van der Waals surface area (Å²) in [5.74, 6) is -0.257. The molecule has 1 saturated heterocycles. The largest absolute Gasteiger partial charge is 0.318 e. The summed E-state index contributed by atoms with van der Waals surface area (Å²) in [4.78, 5) is 27.6. The molecule has 19 heavy (non-hydrogen) atoms. The van der Waals surface area contributed by atoms with Gasteiger partial charge < -0.3 is 5.32 Å². The third kappa shape index (κ3) is 2.83. The van der Waals surface area contributed by atoms with Gasteiger partial charge in [0.05, 0.1) is 18.2 Å². The summed E-state index contributed by atoms with van der Waals surface area (Å²) in [6, 6.07) is 8.74. The first-order valence-electron chi connectivity index (χ1n) is 6.42. The molecule has 2 rings (SSSR count). The summed E-state index contributed by atoms with van der Waals surface area (Å²) in [6.45, 7) is 1.53. The molecule has 0 aromatic heterocycles. The van der Waals surface area contributed by atoms with Crippen molar-refractivity contribution in [3.63, 3.8) is 0 Å². The Morgan fingerprint density at radius 2 is 2.00 bits per heavy atom. The van der Waals surface area contributed by atoms with E-state index in [9.17, 15) is 9.59 Å². The maximum Gasteiger partial charge on any atom is 0.251 e. The Morgan fingerprint density at radius 3 is 2.63 bits per heavy atom. The molecule has 1 N–H and O–H groups in total. The number of rotatable bonds is 5. The van der Waals surface area contributed by atoms with Crippen LogP contribution in [0.2, 0.25) is 0 Å². The number of carbonyl (C=O) groups excluding carboxylic acids is 2. The molecule has 0 bridgehead atoms. The Bertz CT molecular complexity index is 461. The van der Waals surface area contributed by atoms with Crippen LogP contribution in [0.15, 0.2) is 30.3 Å². The van der Waals surface area contributed by atoms with Crippen molar-refractivity contribution in [3.05, 3.63) is 30.3 Å². The highest BCUT2D eigenvalue weighted by Crippen LogP contribution is 2.24. The Morgan fingerprint density at radius 1 is 1.32 bits per heavy atom. The zero-order valence-corrected chi connectivity index (χ0v) is 11.3. The van der Waals surface area contributed by atoms with Crippen molar-refractivity contribution < 1.29 is 9.59 Å². The van der Waals surface area contributed by atoms with E-state index in [1.165, 1.54) is 4.90 Å². The van der Waals surface area contributed by atoms with Crippen LogP contribution in [0.25, 0.3) is 0 Å². The maximum absolute atomic E-state index is 12.4. The summed E-state index contributed by atoms with van der Waals surface area (Å²) < 4.78 is 0. The maximum atomic E-state index is 12.4. The minimum absolute atomic E-state index is 0.127. The zero-order chi connectivity index (χ0) is 13.8. The van der Waals surface area contributed by atoms with E-state index in [1.807, 2.05) is 37.2 Å². The van der Waals surface area contributed by atoms with Crippen molar-refractivity contribution in [2.45, 2.75) is 12.5 Å². The number of hydrogen-bond donors (Lipinski definition) is 1. The molecule has 102 valence electrons. The average Bonchev–Trinajstić information content (AvgIpc) is 2.72. The van der Waals surface area contributed by atoms with Crippen molar-refractivity contribution in [1.29, 1.82) is 0 Å². The minimum Gasteiger partial charge on any atom is -0.318 e.